The Morgan fingerprint density at radius 1 is 1.09 bits per heavy atom. The summed E-state index contributed by atoms with van der Waals surface area (Å²) in [7, 11) is 0. The summed E-state index contributed by atoms with van der Waals surface area (Å²) >= 11 is 0. The molecule has 0 atom stereocenters. The van der Waals surface area contributed by atoms with Crippen LogP contribution in [0.15, 0.2) is 46.9 Å². The first kappa shape index (κ1) is 16.3. The Labute approximate surface area is 139 Å². The van der Waals surface area contributed by atoms with Crippen LogP contribution in [0.1, 0.15) is 31.9 Å². The van der Waals surface area contributed by atoms with E-state index in [2.05, 4.69) is 41.4 Å². The molecule has 3 heteroatoms. The number of hydrogen-bond acceptors (Lipinski definition) is 3. The van der Waals surface area contributed by atoms with Crippen LogP contribution in [-0.2, 0) is 6.54 Å². The van der Waals surface area contributed by atoms with Gasteiger partial charge in [0.25, 0.3) is 0 Å². The standard InChI is InChI=1S/C20H28N2O/c1-2-22-14-11-17(12-15-22)10-13-21-16-19-8-9-20(23-19)18-6-4-3-5-7-18/h3-9,17,21H,2,10-16H2,1H3. The SMILES string of the molecule is CCN1CCC(CCNCc2ccc(-c3ccccc3)o2)CC1. The zero-order chi connectivity index (χ0) is 15.9. The molecule has 0 bridgehead atoms. The fraction of sp³-hybridized carbons (Fsp3) is 0.500. The molecule has 0 spiro atoms. The fourth-order valence-electron chi connectivity index (χ4n) is 3.34. The highest BCUT2D eigenvalue weighted by Gasteiger charge is 2.17. The van der Waals surface area contributed by atoms with Gasteiger partial charge in [0, 0.05) is 5.56 Å². The summed E-state index contributed by atoms with van der Waals surface area (Å²) in [6, 6.07) is 14.4. The van der Waals surface area contributed by atoms with Gasteiger partial charge in [0.2, 0.25) is 0 Å². The molecule has 1 aliphatic rings. The van der Waals surface area contributed by atoms with E-state index in [1.165, 1.54) is 38.9 Å². The van der Waals surface area contributed by atoms with E-state index in [-0.39, 0.29) is 0 Å². The number of likely N-dealkylation sites (tertiary alicyclic amines) is 1. The first-order valence-corrected chi connectivity index (χ1v) is 8.92. The van der Waals surface area contributed by atoms with Gasteiger partial charge in [-0.2, -0.15) is 0 Å². The van der Waals surface area contributed by atoms with Crippen LogP contribution in [0.5, 0.6) is 0 Å². The minimum Gasteiger partial charge on any atom is -0.460 e. The predicted molar refractivity (Wildman–Crippen MR) is 95.3 cm³/mol. The zero-order valence-electron chi connectivity index (χ0n) is 14.1. The van der Waals surface area contributed by atoms with E-state index in [4.69, 9.17) is 4.42 Å². The minimum absolute atomic E-state index is 0.820. The maximum atomic E-state index is 5.92. The van der Waals surface area contributed by atoms with Gasteiger partial charge in [-0.15, -0.1) is 0 Å². The molecule has 0 unspecified atom stereocenters. The smallest absolute Gasteiger partial charge is 0.134 e. The third kappa shape index (κ3) is 4.69. The molecular weight excluding hydrogens is 284 g/mol. The van der Waals surface area contributed by atoms with Crippen LogP contribution in [0.25, 0.3) is 11.3 Å². The molecule has 1 N–H and O–H groups in total. The zero-order valence-corrected chi connectivity index (χ0v) is 14.1. The van der Waals surface area contributed by atoms with Crippen molar-refractivity contribution < 1.29 is 4.42 Å². The highest BCUT2D eigenvalue weighted by atomic mass is 16.3. The Hall–Kier alpha value is -1.58. The van der Waals surface area contributed by atoms with Crippen molar-refractivity contribution in [2.45, 2.75) is 32.7 Å². The van der Waals surface area contributed by atoms with Crippen molar-refractivity contribution in [2.24, 2.45) is 5.92 Å². The third-order valence-electron chi connectivity index (χ3n) is 4.90. The quantitative estimate of drug-likeness (QED) is 0.778. The Morgan fingerprint density at radius 3 is 2.61 bits per heavy atom. The van der Waals surface area contributed by atoms with Gasteiger partial charge < -0.3 is 14.6 Å². The second-order valence-corrected chi connectivity index (χ2v) is 6.48. The van der Waals surface area contributed by atoms with Gasteiger partial charge >= 0.3 is 0 Å². The van der Waals surface area contributed by atoms with E-state index < -0.39 is 0 Å². The van der Waals surface area contributed by atoms with Gasteiger partial charge in [-0.05, 0) is 63.5 Å². The molecular formula is C20H28N2O. The number of rotatable bonds is 7. The van der Waals surface area contributed by atoms with Crippen LogP contribution in [-0.4, -0.2) is 31.1 Å². The third-order valence-corrected chi connectivity index (χ3v) is 4.90. The van der Waals surface area contributed by atoms with Crippen LogP contribution < -0.4 is 5.32 Å². The van der Waals surface area contributed by atoms with E-state index in [0.717, 1.165) is 36.1 Å². The van der Waals surface area contributed by atoms with Gasteiger partial charge in [-0.1, -0.05) is 37.3 Å². The summed E-state index contributed by atoms with van der Waals surface area (Å²) < 4.78 is 5.92. The van der Waals surface area contributed by atoms with Crippen molar-refractivity contribution in [3.63, 3.8) is 0 Å². The minimum atomic E-state index is 0.820. The Kier molecular flexibility index (Phi) is 5.89. The summed E-state index contributed by atoms with van der Waals surface area (Å²) in [4.78, 5) is 2.55. The van der Waals surface area contributed by atoms with Crippen LogP contribution in [0.4, 0.5) is 0 Å². The van der Waals surface area contributed by atoms with Gasteiger partial charge in [-0.25, -0.2) is 0 Å². The second kappa shape index (κ2) is 8.32. The lowest BCUT2D eigenvalue weighted by Gasteiger charge is -2.31. The fourth-order valence-corrected chi connectivity index (χ4v) is 3.34. The summed E-state index contributed by atoms with van der Waals surface area (Å²) in [5.74, 6) is 2.86. The molecule has 3 rings (SSSR count). The molecule has 0 amide bonds. The van der Waals surface area contributed by atoms with Gasteiger partial charge in [0.1, 0.15) is 11.5 Å². The van der Waals surface area contributed by atoms with Crippen molar-refractivity contribution in [1.29, 1.82) is 0 Å². The maximum Gasteiger partial charge on any atom is 0.134 e. The molecule has 1 fully saturated rings. The first-order chi connectivity index (χ1) is 11.3. The molecule has 1 aromatic carbocycles. The highest BCUT2D eigenvalue weighted by molar-refractivity contribution is 5.57. The lowest BCUT2D eigenvalue weighted by molar-refractivity contribution is 0.186. The van der Waals surface area contributed by atoms with E-state index in [0.29, 0.717) is 0 Å². The Bertz CT molecular complexity index is 570. The predicted octanol–water partition coefficient (Wildman–Crippen LogP) is 4.16. The molecule has 23 heavy (non-hydrogen) atoms. The average Bonchev–Trinajstić information content (AvgIpc) is 3.09. The second-order valence-electron chi connectivity index (χ2n) is 6.48. The number of benzene rings is 1. The maximum absolute atomic E-state index is 5.92. The van der Waals surface area contributed by atoms with Gasteiger partial charge in [0.15, 0.2) is 0 Å². The normalized spacial score (nSPS) is 16.7. The molecule has 0 radical (unpaired) electrons. The van der Waals surface area contributed by atoms with Crippen LogP contribution in [0.3, 0.4) is 0 Å². The van der Waals surface area contributed by atoms with Crippen molar-refractivity contribution in [2.75, 3.05) is 26.2 Å². The molecule has 0 aliphatic carbocycles. The number of nitrogens with one attached hydrogen (secondary N) is 1. The average molecular weight is 312 g/mol. The van der Waals surface area contributed by atoms with Crippen molar-refractivity contribution in [3.05, 3.63) is 48.2 Å². The van der Waals surface area contributed by atoms with Crippen LogP contribution >= 0.6 is 0 Å². The molecule has 3 nitrogen and oxygen atoms in total. The highest BCUT2D eigenvalue weighted by Crippen LogP contribution is 2.22. The van der Waals surface area contributed by atoms with Crippen LogP contribution in [0, 0.1) is 5.92 Å². The van der Waals surface area contributed by atoms with Crippen LogP contribution in [0.2, 0.25) is 0 Å². The van der Waals surface area contributed by atoms with E-state index in [9.17, 15) is 0 Å². The Morgan fingerprint density at radius 2 is 1.87 bits per heavy atom. The molecule has 0 saturated carbocycles. The number of furan rings is 1. The molecule has 1 aromatic heterocycles. The van der Waals surface area contributed by atoms with E-state index in [1.807, 2.05) is 18.2 Å². The molecule has 2 heterocycles. The summed E-state index contributed by atoms with van der Waals surface area (Å²) in [6.45, 7) is 7.92. The van der Waals surface area contributed by atoms with Crippen molar-refractivity contribution in [1.82, 2.24) is 10.2 Å². The summed E-state index contributed by atoms with van der Waals surface area (Å²) in [5.41, 5.74) is 1.14. The van der Waals surface area contributed by atoms with E-state index >= 15 is 0 Å². The summed E-state index contributed by atoms with van der Waals surface area (Å²) in [6.07, 6.45) is 3.99. The summed E-state index contributed by atoms with van der Waals surface area (Å²) in [5, 5.41) is 3.53. The largest absolute Gasteiger partial charge is 0.460 e. The molecule has 124 valence electrons. The lowest BCUT2D eigenvalue weighted by atomic mass is 9.93. The topological polar surface area (TPSA) is 28.4 Å². The molecule has 1 saturated heterocycles. The number of piperidine rings is 1. The van der Waals surface area contributed by atoms with Crippen molar-refractivity contribution in [3.8, 4) is 11.3 Å². The molecule has 2 aromatic rings. The van der Waals surface area contributed by atoms with Gasteiger partial charge in [-0.3, -0.25) is 0 Å². The van der Waals surface area contributed by atoms with Crippen molar-refractivity contribution >= 4 is 0 Å². The monoisotopic (exact) mass is 312 g/mol. The molecule has 1 aliphatic heterocycles. The first-order valence-electron chi connectivity index (χ1n) is 8.92. The number of hydrogen-bond donors (Lipinski definition) is 1. The lowest BCUT2D eigenvalue weighted by Crippen LogP contribution is -2.34. The van der Waals surface area contributed by atoms with Gasteiger partial charge in [0.05, 0.1) is 6.54 Å². The number of nitrogens with zero attached hydrogens (tertiary/aromatic N) is 1. The Balaban J connectivity index is 1.38. The van der Waals surface area contributed by atoms with E-state index in [1.54, 1.807) is 0 Å².